The highest BCUT2D eigenvalue weighted by molar-refractivity contribution is 9.10. The first-order chi connectivity index (χ1) is 9.44. The summed E-state index contributed by atoms with van der Waals surface area (Å²) >= 11 is 3.47. The molecule has 3 amide bonds. The van der Waals surface area contributed by atoms with E-state index in [9.17, 15) is 9.59 Å². The minimum absolute atomic E-state index is 0.0919. The molecule has 0 bridgehead atoms. The van der Waals surface area contributed by atoms with Gasteiger partial charge in [0.25, 0.3) is 5.91 Å². The summed E-state index contributed by atoms with van der Waals surface area (Å²) < 4.78 is 2.56. The molecule has 108 valence electrons. The molecule has 0 radical (unpaired) electrons. The van der Waals surface area contributed by atoms with E-state index in [4.69, 9.17) is 0 Å². The topological polar surface area (TPSA) is 67.2 Å². The fourth-order valence-corrected chi connectivity index (χ4v) is 3.60. The van der Waals surface area contributed by atoms with Gasteiger partial charge in [-0.1, -0.05) is 12.8 Å². The number of halogens is 1. The number of aromatic nitrogens is 2. The van der Waals surface area contributed by atoms with Gasteiger partial charge in [-0.05, 0) is 35.7 Å². The van der Waals surface area contributed by atoms with Crippen LogP contribution in [0.5, 0.6) is 0 Å². The molecule has 1 spiro atoms. The number of nitrogens with one attached hydrogen (secondary N) is 1. The summed E-state index contributed by atoms with van der Waals surface area (Å²) in [7, 11) is 1.82. The third-order valence-electron chi connectivity index (χ3n) is 4.27. The first-order valence-electron chi connectivity index (χ1n) is 6.77. The van der Waals surface area contributed by atoms with Crippen molar-refractivity contribution >= 4 is 27.9 Å². The van der Waals surface area contributed by atoms with E-state index in [1.807, 2.05) is 14.0 Å². The van der Waals surface area contributed by atoms with Gasteiger partial charge in [-0.3, -0.25) is 14.4 Å². The summed E-state index contributed by atoms with van der Waals surface area (Å²) in [5.41, 5.74) is 1.04. The Kier molecular flexibility index (Phi) is 3.12. The number of urea groups is 1. The van der Waals surface area contributed by atoms with E-state index in [1.54, 1.807) is 4.68 Å². The molecular formula is C13H17BrN4O2. The fraction of sp³-hybridized carbons (Fsp3) is 0.615. The molecule has 1 saturated carbocycles. The lowest BCUT2D eigenvalue weighted by atomic mass is 9.98. The average molecular weight is 341 g/mol. The highest BCUT2D eigenvalue weighted by Crippen LogP contribution is 2.36. The fourth-order valence-electron chi connectivity index (χ4n) is 3.14. The average Bonchev–Trinajstić information content (AvgIpc) is 3.01. The molecule has 1 aliphatic carbocycles. The molecular weight excluding hydrogens is 324 g/mol. The van der Waals surface area contributed by atoms with Gasteiger partial charge in [0.05, 0.1) is 22.4 Å². The van der Waals surface area contributed by atoms with Crippen LogP contribution in [0, 0.1) is 6.92 Å². The maximum absolute atomic E-state index is 12.6. The summed E-state index contributed by atoms with van der Waals surface area (Å²) in [5, 5.41) is 7.18. The van der Waals surface area contributed by atoms with Crippen LogP contribution in [0.4, 0.5) is 4.79 Å². The highest BCUT2D eigenvalue weighted by Gasteiger charge is 2.52. The molecule has 2 heterocycles. The number of aryl methyl sites for hydroxylation is 2. The van der Waals surface area contributed by atoms with E-state index in [2.05, 4.69) is 26.3 Å². The van der Waals surface area contributed by atoms with Crippen molar-refractivity contribution in [3.8, 4) is 0 Å². The Morgan fingerprint density at radius 1 is 1.35 bits per heavy atom. The second-order valence-electron chi connectivity index (χ2n) is 5.58. The lowest BCUT2D eigenvalue weighted by Gasteiger charge is -2.20. The maximum atomic E-state index is 12.6. The first-order valence-corrected chi connectivity index (χ1v) is 7.56. The molecule has 3 rings (SSSR count). The molecule has 2 aliphatic rings. The molecule has 1 aromatic heterocycles. The van der Waals surface area contributed by atoms with Crippen LogP contribution in [0.2, 0.25) is 0 Å². The van der Waals surface area contributed by atoms with Gasteiger partial charge in [0, 0.05) is 7.05 Å². The number of nitrogens with zero attached hydrogens (tertiary/aromatic N) is 3. The van der Waals surface area contributed by atoms with Gasteiger partial charge >= 0.3 is 6.03 Å². The zero-order chi connectivity index (χ0) is 14.5. The number of carbonyl (C=O) groups is 2. The van der Waals surface area contributed by atoms with Crippen molar-refractivity contribution in [3.05, 3.63) is 15.9 Å². The summed E-state index contributed by atoms with van der Waals surface area (Å²) in [6.45, 7) is 2.14. The monoisotopic (exact) mass is 340 g/mol. The summed E-state index contributed by atoms with van der Waals surface area (Å²) in [5.74, 6) is -0.0919. The molecule has 1 aromatic rings. The van der Waals surface area contributed by atoms with Crippen LogP contribution in [0.1, 0.15) is 37.1 Å². The minimum Gasteiger partial charge on any atom is -0.323 e. The van der Waals surface area contributed by atoms with Crippen molar-refractivity contribution in [1.82, 2.24) is 20.0 Å². The third kappa shape index (κ3) is 1.87. The van der Waals surface area contributed by atoms with E-state index in [0.29, 0.717) is 0 Å². The van der Waals surface area contributed by atoms with Crippen LogP contribution in [0.15, 0.2) is 4.47 Å². The second kappa shape index (κ2) is 4.58. The van der Waals surface area contributed by atoms with Crippen molar-refractivity contribution in [1.29, 1.82) is 0 Å². The Hall–Kier alpha value is -1.37. The molecule has 6 nitrogen and oxygen atoms in total. The van der Waals surface area contributed by atoms with E-state index < -0.39 is 5.54 Å². The molecule has 20 heavy (non-hydrogen) atoms. The van der Waals surface area contributed by atoms with Crippen LogP contribution in [0.3, 0.4) is 0 Å². The summed E-state index contributed by atoms with van der Waals surface area (Å²) in [4.78, 5) is 26.0. The van der Waals surface area contributed by atoms with Crippen LogP contribution in [-0.2, 0) is 18.4 Å². The Balaban J connectivity index is 1.88. The Morgan fingerprint density at radius 2 is 2.00 bits per heavy atom. The van der Waals surface area contributed by atoms with Gasteiger partial charge in [-0.25, -0.2) is 4.79 Å². The molecule has 1 N–H and O–H groups in total. The van der Waals surface area contributed by atoms with Crippen molar-refractivity contribution in [2.75, 3.05) is 0 Å². The Labute approximate surface area is 125 Å². The van der Waals surface area contributed by atoms with Gasteiger partial charge < -0.3 is 5.32 Å². The lowest BCUT2D eigenvalue weighted by molar-refractivity contribution is -0.131. The predicted octanol–water partition coefficient (Wildman–Crippen LogP) is 1.86. The Morgan fingerprint density at radius 3 is 2.55 bits per heavy atom. The SMILES string of the molecule is Cc1nn(C)c(CN2C(=O)NC3(CCCC3)C2=O)c1Br. The molecule has 0 aromatic carbocycles. The van der Waals surface area contributed by atoms with Crippen molar-refractivity contribution < 1.29 is 9.59 Å². The van der Waals surface area contributed by atoms with Gasteiger partial charge in [-0.15, -0.1) is 0 Å². The molecule has 1 aliphatic heterocycles. The molecule has 2 fully saturated rings. The quantitative estimate of drug-likeness (QED) is 0.835. The van der Waals surface area contributed by atoms with Crippen LogP contribution >= 0.6 is 15.9 Å². The van der Waals surface area contributed by atoms with Crippen LogP contribution in [0.25, 0.3) is 0 Å². The lowest BCUT2D eigenvalue weighted by Crippen LogP contribution is -2.44. The predicted molar refractivity (Wildman–Crippen MR) is 75.9 cm³/mol. The van der Waals surface area contributed by atoms with E-state index >= 15 is 0 Å². The third-order valence-corrected chi connectivity index (χ3v) is 5.30. The van der Waals surface area contributed by atoms with E-state index in [1.165, 1.54) is 4.90 Å². The van der Waals surface area contributed by atoms with Crippen molar-refractivity contribution in [2.24, 2.45) is 7.05 Å². The molecule has 0 atom stereocenters. The summed E-state index contributed by atoms with van der Waals surface area (Å²) in [6.07, 6.45) is 3.49. The smallest absolute Gasteiger partial charge is 0.323 e. The number of hydrogen-bond donors (Lipinski definition) is 1. The normalized spacial score (nSPS) is 21.1. The van der Waals surface area contributed by atoms with E-state index in [0.717, 1.165) is 41.5 Å². The minimum atomic E-state index is -0.642. The van der Waals surface area contributed by atoms with Crippen molar-refractivity contribution in [3.63, 3.8) is 0 Å². The highest BCUT2D eigenvalue weighted by atomic mass is 79.9. The largest absolute Gasteiger partial charge is 0.325 e. The zero-order valence-corrected chi connectivity index (χ0v) is 13.2. The second-order valence-corrected chi connectivity index (χ2v) is 6.37. The van der Waals surface area contributed by atoms with Crippen LogP contribution in [-0.4, -0.2) is 32.2 Å². The molecule has 0 unspecified atom stereocenters. The van der Waals surface area contributed by atoms with E-state index in [-0.39, 0.29) is 18.5 Å². The maximum Gasteiger partial charge on any atom is 0.325 e. The number of rotatable bonds is 2. The Bertz CT molecular complexity index is 589. The standard InChI is InChI=1S/C13H17BrN4O2/c1-8-10(14)9(17(2)16-8)7-18-11(19)13(15-12(18)20)5-3-4-6-13/h3-7H2,1-2H3,(H,15,20). The van der Waals surface area contributed by atoms with Gasteiger partial charge in [-0.2, -0.15) is 5.10 Å². The number of imide groups is 1. The van der Waals surface area contributed by atoms with Crippen molar-refractivity contribution in [2.45, 2.75) is 44.7 Å². The molecule has 7 heteroatoms. The van der Waals surface area contributed by atoms with Gasteiger partial charge in [0.2, 0.25) is 0 Å². The molecule has 1 saturated heterocycles. The number of carbonyl (C=O) groups excluding carboxylic acids is 2. The number of hydrogen-bond acceptors (Lipinski definition) is 3. The number of amides is 3. The zero-order valence-electron chi connectivity index (χ0n) is 11.6. The van der Waals surface area contributed by atoms with Crippen LogP contribution < -0.4 is 5.32 Å². The van der Waals surface area contributed by atoms with Gasteiger partial charge in [0.1, 0.15) is 5.54 Å². The summed E-state index contributed by atoms with van der Waals surface area (Å²) in [6, 6.07) is -0.289. The first kappa shape index (κ1) is 13.6. The van der Waals surface area contributed by atoms with Gasteiger partial charge in [0.15, 0.2) is 0 Å².